The molecule has 0 aromatic heterocycles. The number of nitrogens with zero attached hydrogens (tertiary/aromatic N) is 1. The van der Waals surface area contributed by atoms with Crippen LogP contribution in [0.1, 0.15) is 11.7 Å². The van der Waals surface area contributed by atoms with Crippen molar-refractivity contribution in [3.05, 3.63) is 66.2 Å². The Morgan fingerprint density at radius 1 is 0.952 bits per heavy atom. The molecule has 0 spiro atoms. The van der Waals surface area contributed by atoms with Crippen LogP contribution in [0.15, 0.2) is 65.6 Å². The van der Waals surface area contributed by atoms with Gasteiger partial charge in [0, 0.05) is 13.1 Å². The topological polar surface area (TPSA) is 46.6 Å². The quantitative estimate of drug-likeness (QED) is 0.875. The van der Waals surface area contributed by atoms with E-state index in [0.717, 1.165) is 5.56 Å². The molecule has 1 heterocycles. The van der Waals surface area contributed by atoms with Crippen molar-refractivity contribution in [2.45, 2.75) is 11.0 Å². The van der Waals surface area contributed by atoms with E-state index in [0.29, 0.717) is 24.6 Å². The molecule has 110 valence electrons. The molecule has 21 heavy (non-hydrogen) atoms. The predicted octanol–water partition coefficient (Wildman–Crippen LogP) is 2.45. The molecule has 3 rings (SSSR count). The van der Waals surface area contributed by atoms with Gasteiger partial charge in [0.1, 0.15) is 0 Å². The molecule has 2 aromatic rings. The Kier molecular flexibility index (Phi) is 4.05. The van der Waals surface area contributed by atoms with Gasteiger partial charge < -0.3 is 4.74 Å². The second-order valence-corrected chi connectivity index (χ2v) is 6.88. The lowest BCUT2D eigenvalue weighted by Gasteiger charge is -2.32. The fraction of sp³-hybridized carbons (Fsp3) is 0.250. The summed E-state index contributed by atoms with van der Waals surface area (Å²) in [5, 5.41) is 0. The summed E-state index contributed by atoms with van der Waals surface area (Å²) >= 11 is 0. The summed E-state index contributed by atoms with van der Waals surface area (Å²) in [4.78, 5) is 0.332. The van der Waals surface area contributed by atoms with E-state index in [4.69, 9.17) is 4.74 Å². The van der Waals surface area contributed by atoms with Crippen molar-refractivity contribution < 1.29 is 13.2 Å². The maximum absolute atomic E-state index is 12.6. The maximum Gasteiger partial charge on any atom is 0.243 e. The SMILES string of the molecule is O=S(=O)(c1ccccc1)N1CCOC(c2ccccc2)C1. The molecule has 1 aliphatic heterocycles. The summed E-state index contributed by atoms with van der Waals surface area (Å²) in [5.74, 6) is 0. The van der Waals surface area contributed by atoms with E-state index in [1.54, 1.807) is 24.3 Å². The largest absolute Gasteiger partial charge is 0.371 e. The third-order valence-corrected chi connectivity index (χ3v) is 5.46. The third kappa shape index (κ3) is 3.00. The van der Waals surface area contributed by atoms with Crippen LogP contribution < -0.4 is 0 Å². The molecule has 1 saturated heterocycles. The van der Waals surface area contributed by atoms with Gasteiger partial charge in [-0.2, -0.15) is 4.31 Å². The molecular formula is C16H17NO3S. The average Bonchev–Trinajstić information content (AvgIpc) is 2.57. The van der Waals surface area contributed by atoms with Gasteiger partial charge >= 0.3 is 0 Å². The van der Waals surface area contributed by atoms with Crippen LogP contribution in [0.5, 0.6) is 0 Å². The Labute approximate surface area is 125 Å². The minimum atomic E-state index is -3.45. The highest BCUT2D eigenvalue weighted by atomic mass is 32.2. The molecule has 1 aliphatic rings. The van der Waals surface area contributed by atoms with Gasteiger partial charge in [0.2, 0.25) is 10.0 Å². The van der Waals surface area contributed by atoms with E-state index >= 15 is 0 Å². The van der Waals surface area contributed by atoms with Crippen LogP contribution in [0.4, 0.5) is 0 Å². The first-order valence-electron chi connectivity index (χ1n) is 6.90. The highest BCUT2D eigenvalue weighted by molar-refractivity contribution is 7.89. The molecule has 0 aliphatic carbocycles. The second-order valence-electron chi connectivity index (χ2n) is 4.95. The van der Waals surface area contributed by atoms with Gasteiger partial charge in [-0.05, 0) is 17.7 Å². The molecule has 0 radical (unpaired) electrons. The zero-order valence-corrected chi connectivity index (χ0v) is 12.4. The monoisotopic (exact) mass is 303 g/mol. The number of benzene rings is 2. The summed E-state index contributed by atoms with van der Waals surface area (Å²) in [7, 11) is -3.45. The smallest absolute Gasteiger partial charge is 0.243 e. The molecule has 0 N–H and O–H groups in total. The van der Waals surface area contributed by atoms with Crippen molar-refractivity contribution in [3.63, 3.8) is 0 Å². The first-order chi connectivity index (χ1) is 10.2. The van der Waals surface area contributed by atoms with E-state index in [9.17, 15) is 8.42 Å². The number of ether oxygens (including phenoxy) is 1. The zero-order chi connectivity index (χ0) is 14.7. The normalized spacial score (nSPS) is 20.3. The van der Waals surface area contributed by atoms with Crippen molar-refractivity contribution in [1.82, 2.24) is 4.31 Å². The molecule has 1 fully saturated rings. The molecule has 4 nitrogen and oxygen atoms in total. The lowest BCUT2D eigenvalue weighted by molar-refractivity contribution is -0.00255. The van der Waals surface area contributed by atoms with Crippen molar-refractivity contribution >= 4 is 10.0 Å². The van der Waals surface area contributed by atoms with Gasteiger partial charge in [-0.1, -0.05) is 48.5 Å². The number of morpholine rings is 1. The van der Waals surface area contributed by atoms with E-state index in [1.807, 2.05) is 36.4 Å². The second kappa shape index (κ2) is 5.97. The summed E-state index contributed by atoms with van der Waals surface area (Å²) < 4.78 is 32.5. The van der Waals surface area contributed by atoms with Gasteiger partial charge in [0.05, 0.1) is 17.6 Å². The van der Waals surface area contributed by atoms with Crippen molar-refractivity contribution in [1.29, 1.82) is 0 Å². The Hall–Kier alpha value is -1.69. The molecule has 0 amide bonds. The summed E-state index contributed by atoms with van der Waals surface area (Å²) in [5.41, 5.74) is 1.01. The minimum absolute atomic E-state index is 0.210. The standard InChI is InChI=1S/C16H17NO3S/c18-21(19,15-9-5-2-6-10-15)17-11-12-20-16(13-17)14-7-3-1-4-8-14/h1-10,16H,11-13H2. The minimum Gasteiger partial charge on any atom is -0.371 e. The summed E-state index contributed by atoms with van der Waals surface area (Å²) in [6.07, 6.45) is -0.210. The maximum atomic E-state index is 12.6. The Balaban J connectivity index is 1.84. The van der Waals surface area contributed by atoms with Crippen molar-refractivity contribution in [2.75, 3.05) is 19.7 Å². The molecule has 1 unspecified atom stereocenters. The number of rotatable bonds is 3. The van der Waals surface area contributed by atoms with Gasteiger partial charge in [0.15, 0.2) is 0 Å². The van der Waals surface area contributed by atoms with Crippen LogP contribution in [0.2, 0.25) is 0 Å². The number of hydrogen-bond acceptors (Lipinski definition) is 3. The highest BCUT2D eigenvalue weighted by Crippen LogP contribution is 2.26. The van der Waals surface area contributed by atoms with Gasteiger partial charge in [-0.3, -0.25) is 0 Å². The van der Waals surface area contributed by atoms with Gasteiger partial charge in [-0.25, -0.2) is 8.42 Å². The first kappa shape index (κ1) is 14.3. The predicted molar refractivity (Wildman–Crippen MR) is 80.3 cm³/mol. The Morgan fingerprint density at radius 3 is 2.24 bits per heavy atom. The molecule has 5 heteroatoms. The average molecular weight is 303 g/mol. The lowest BCUT2D eigenvalue weighted by atomic mass is 10.1. The van der Waals surface area contributed by atoms with E-state index in [1.165, 1.54) is 4.31 Å². The summed E-state index contributed by atoms with van der Waals surface area (Å²) in [6, 6.07) is 18.3. The third-order valence-electron chi connectivity index (χ3n) is 3.58. The number of hydrogen-bond donors (Lipinski definition) is 0. The van der Waals surface area contributed by atoms with Gasteiger partial charge in [0.25, 0.3) is 0 Å². The molecular weight excluding hydrogens is 286 g/mol. The van der Waals surface area contributed by atoms with E-state index in [2.05, 4.69) is 0 Å². The van der Waals surface area contributed by atoms with Crippen LogP contribution in [-0.4, -0.2) is 32.4 Å². The fourth-order valence-electron chi connectivity index (χ4n) is 2.45. The van der Waals surface area contributed by atoms with Crippen molar-refractivity contribution in [3.8, 4) is 0 Å². The van der Waals surface area contributed by atoms with E-state index in [-0.39, 0.29) is 6.10 Å². The molecule has 0 saturated carbocycles. The van der Waals surface area contributed by atoms with Crippen LogP contribution in [0.3, 0.4) is 0 Å². The molecule has 1 atom stereocenters. The molecule has 0 bridgehead atoms. The Bertz CT molecular complexity index is 686. The van der Waals surface area contributed by atoms with Crippen LogP contribution >= 0.6 is 0 Å². The van der Waals surface area contributed by atoms with E-state index < -0.39 is 10.0 Å². The number of sulfonamides is 1. The zero-order valence-electron chi connectivity index (χ0n) is 11.6. The summed E-state index contributed by atoms with van der Waals surface area (Å²) in [6.45, 7) is 1.15. The van der Waals surface area contributed by atoms with Gasteiger partial charge in [-0.15, -0.1) is 0 Å². The first-order valence-corrected chi connectivity index (χ1v) is 8.34. The lowest BCUT2D eigenvalue weighted by Crippen LogP contribution is -2.42. The highest BCUT2D eigenvalue weighted by Gasteiger charge is 2.31. The van der Waals surface area contributed by atoms with Crippen molar-refractivity contribution in [2.24, 2.45) is 0 Å². The Morgan fingerprint density at radius 2 is 1.57 bits per heavy atom. The molecule has 2 aromatic carbocycles. The van der Waals surface area contributed by atoms with Crippen LogP contribution in [0, 0.1) is 0 Å². The fourth-order valence-corrected chi connectivity index (χ4v) is 3.90. The van der Waals surface area contributed by atoms with Crippen LogP contribution in [0.25, 0.3) is 0 Å². The van der Waals surface area contributed by atoms with Crippen LogP contribution in [-0.2, 0) is 14.8 Å².